The number of hydrogen-bond donors (Lipinski definition) is 3. The molecule has 3 aromatic carbocycles. The molecule has 0 aliphatic carbocycles. The second kappa shape index (κ2) is 18.7. The quantitative estimate of drug-likeness (QED) is 0.143. The summed E-state index contributed by atoms with van der Waals surface area (Å²) in [6.45, 7) is 6.37. The Morgan fingerprint density at radius 1 is 0.911 bits per heavy atom. The van der Waals surface area contributed by atoms with Crippen LogP contribution in [0.3, 0.4) is 0 Å². The van der Waals surface area contributed by atoms with Gasteiger partial charge in [-0.3, -0.25) is 14.5 Å². The fraction of sp³-hybridized carbons (Fsp3) is 0.412. The summed E-state index contributed by atoms with van der Waals surface area (Å²) in [5.74, 6) is -0.265. The number of nitrogens with zero attached hydrogens (tertiary/aromatic N) is 2. The van der Waals surface area contributed by atoms with E-state index in [1.807, 2.05) is 78.9 Å². The molecule has 11 nitrogen and oxygen atoms in total. The molecule has 0 spiro atoms. The Morgan fingerprint density at radius 3 is 2.27 bits per heavy atom. The van der Waals surface area contributed by atoms with Crippen molar-refractivity contribution in [2.24, 2.45) is 0 Å². The first-order chi connectivity index (χ1) is 22.0. The number of piperazine rings is 1. The molecule has 0 saturated carbocycles. The van der Waals surface area contributed by atoms with Gasteiger partial charge < -0.3 is 30.0 Å². The number of hydrogen-bond acceptors (Lipinski definition) is 9. The highest BCUT2D eigenvalue weighted by molar-refractivity contribution is 5.73. The molecule has 1 heterocycles. The first-order valence-electron chi connectivity index (χ1n) is 15.3. The van der Waals surface area contributed by atoms with Crippen molar-refractivity contribution in [2.75, 3.05) is 66.2 Å². The van der Waals surface area contributed by atoms with E-state index >= 15 is 0 Å². The molecule has 0 radical (unpaired) electrons. The number of carboxylic acids is 1. The van der Waals surface area contributed by atoms with E-state index in [4.69, 9.17) is 19.0 Å². The first-order valence-corrected chi connectivity index (χ1v) is 15.3. The normalized spacial score (nSPS) is 14.2. The fourth-order valence-corrected chi connectivity index (χ4v) is 4.93. The standard InChI is InChI=1S/C34H44N4O7/c1-42-31-13-11-30(12-14-31)29-9-7-27(8-10-29)25-38(45-24-23-43-22-21-37-19-17-35-18-20-37)32(33(39)40)15-16-36-34(41)44-26-28-5-3-2-4-6-28/h2-14,32,35H,15-26H2,1H3,(H,36,41)(H,39,40)/t32-/m1/s1. The van der Waals surface area contributed by atoms with Crippen LogP contribution in [-0.2, 0) is 32.3 Å². The van der Waals surface area contributed by atoms with Gasteiger partial charge in [0, 0.05) is 39.3 Å². The minimum absolute atomic E-state index is 0.0993. The van der Waals surface area contributed by atoms with Crippen LogP contribution in [0, 0.1) is 0 Å². The van der Waals surface area contributed by atoms with Gasteiger partial charge in [0.05, 0.1) is 33.5 Å². The summed E-state index contributed by atoms with van der Waals surface area (Å²) in [5.41, 5.74) is 3.82. The van der Waals surface area contributed by atoms with Crippen molar-refractivity contribution in [3.05, 3.63) is 90.0 Å². The Morgan fingerprint density at radius 2 is 1.60 bits per heavy atom. The zero-order valence-corrected chi connectivity index (χ0v) is 25.9. The molecule has 3 N–H and O–H groups in total. The van der Waals surface area contributed by atoms with Crippen molar-refractivity contribution < 1.29 is 33.7 Å². The van der Waals surface area contributed by atoms with Crippen molar-refractivity contribution in [1.29, 1.82) is 0 Å². The van der Waals surface area contributed by atoms with Gasteiger partial charge in [-0.2, -0.15) is 5.06 Å². The van der Waals surface area contributed by atoms with Crippen LogP contribution in [0.25, 0.3) is 11.1 Å². The maximum absolute atomic E-state index is 12.4. The highest BCUT2D eigenvalue weighted by Gasteiger charge is 2.27. The lowest BCUT2D eigenvalue weighted by molar-refractivity contribution is -0.211. The Hall–Kier alpha value is -4.00. The lowest BCUT2D eigenvalue weighted by Crippen LogP contribution is -2.45. The van der Waals surface area contributed by atoms with Crippen LogP contribution in [0.4, 0.5) is 4.79 Å². The van der Waals surface area contributed by atoms with Gasteiger partial charge >= 0.3 is 12.1 Å². The van der Waals surface area contributed by atoms with E-state index in [-0.39, 0.29) is 32.7 Å². The van der Waals surface area contributed by atoms with Gasteiger partial charge in [0.25, 0.3) is 0 Å². The number of carboxylic acid groups (broad SMARTS) is 1. The van der Waals surface area contributed by atoms with E-state index in [2.05, 4.69) is 15.5 Å². The minimum Gasteiger partial charge on any atom is -0.497 e. The third-order valence-corrected chi connectivity index (χ3v) is 7.49. The van der Waals surface area contributed by atoms with E-state index in [0.29, 0.717) is 13.2 Å². The van der Waals surface area contributed by atoms with E-state index < -0.39 is 18.1 Å². The molecule has 1 fully saturated rings. The number of amides is 1. The number of methoxy groups -OCH3 is 1. The van der Waals surface area contributed by atoms with Crippen LogP contribution in [-0.4, -0.2) is 99.4 Å². The molecular weight excluding hydrogens is 576 g/mol. The molecule has 11 heteroatoms. The SMILES string of the molecule is COc1ccc(-c2ccc(CN(OCCOCCN3CCNCC3)[C@H](CCNC(=O)OCc3ccccc3)C(=O)O)cc2)cc1. The smallest absolute Gasteiger partial charge is 0.407 e. The van der Waals surface area contributed by atoms with E-state index in [9.17, 15) is 14.7 Å². The van der Waals surface area contributed by atoms with Crippen LogP contribution in [0.2, 0.25) is 0 Å². The summed E-state index contributed by atoms with van der Waals surface area (Å²) < 4.78 is 16.3. The highest BCUT2D eigenvalue weighted by Crippen LogP contribution is 2.23. The number of hydroxylamine groups is 2. The third kappa shape index (κ3) is 11.8. The molecule has 242 valence electrons. The second-order valence-electron chi connectivity index (χ2n) is 10.7. The molecule has 1 atom stereocenters. The Kier molecular flexibility index (Phi) is 14.1. The summed E-state index contributed by atoms with van der Waals surface area (Å²) in [7, 11) is 1.63. The zero-order chi connectivity index (χ0) is 31.7. The number of ether oxygens (including phenoxy) is 3. The van der Waals surface area contributed by atoms with Crippen LogP contribution in [0.5, 0.6) is 5.75 Å². The molecule has 0 aromatic heterocycles. The van der Waals surface area contributed by atoms with Gasteiger partial charge in [-0.15, -0.1) is 0 Å². The molecule has 1 aliphatic rings. The molecule has 0 unspecified atom stereocenters. The van der Waals surface area contributed by atoms with Crippen molar-refractivity contribution in [3.8, 4) is 16.9 Å². The number of carbonyl (C=O) groups is 2. The van der Waals surface area contributed by atoms with Gasteiger partial charge in [0.2, 0.25) is 0 Å². The summed E-state index contributed by atoms with van der Waals surface area (Å²) in [6.07, 6.45) is -0.494. The van der Waals surface area contributed by atoms with Gasteiger partial charge in [0.1, 0.15) is 18.4 Å². The Labute approximate surface area is 265 Å². The van der Waals surface area contributed by atoms with Gasteiger partial charge in [-0.1, -0.05) is 66.7 Å². The molecule has 3 aromatic rings. The summed E-state index contributed by atoms with van der Waals surface area (Å²) in [4.78, 5) is 33.0. The summed E-state index contributed by atoms with van der Waals surface area (Å²) >= 11 is 0. The average Bonchev–Trinajstić information content (AvgIpc) is 3.08. The Balaban J connectivity index is 1.32. The summed E-state index contributed by atoms with van der Waals surface area (Å²) in [6, 6.07) is 24.0. The largest absolute Gasteiger partial charge is 0.497 e. The van der Waals surface area contributed by atoms with Crippen LogP contribution in [0.1, 0.15) is 17.5 Å². The van der Waals surface area contributed by atoms with Crippen LogP contribution < -0.4 is 15.4 Å². The number of alkyl carbamates (subject to hydrolysis) is 1. The van der Waals surface area contributed by atoms with Crippen molar-refractivity contribution >= 4 is 12.1 Å². The van der Waals surface area contributed by atoms with Crippen molar-refractivity contribution in [2.45, 2.75) is 25.6 Å². The third-order valence-electron chi connectivity index (χ3n) is 7.49. The predicted molar refractivity (Wildman–Crippen MR) is 171 cm³/mol. The molecule has 1 amide bonds. The van der Waals surface area contributed by atoms with Gasteiger partial charge in [-0.25, -0.2) is 4.79 Å². The maximum atomic E-state index is 12.4. The second-order valence-corrected chi connectivity index (χ2v) is 10.7. The molecule has 4 rings (SSSR count). The minimum atomic E-state index is -1.05. The molecular formula is C34H44N4O7. The molecule has 1 aliphatic heterocycles. The van der Waals surface area contributed by atoms with Crippen molar-refractivity contribution in [1.82, 2.24) is 20.6 Å². The zero-order valence-electron chi connectivity index (χ0n) is 25.9. The molecule has 1 saturated heterocycles. The first kappa shape index (κ1) is 33.9. The van der Waals surface area contributed by atoms with Crippen LogP contribution >= 0.6 is 0 Å². The summed E-state index contributed by atoms with van der Waals surface area (Å²) in [5, 5.41) is 17.6. The van der Waals surface area contributed by atoms with Crippen molar-refractivity contribution in [3.63, 3.8) is 0 Å². The van der Waals surface area contributed by atoms with E-state index in [0.717, 1.165) is 60.7 Å². The Bertz CT molecular complexity index is 1290. The topological polar surface area (TPSA) is 122 Å². The molecule has 0 bridgehead atoms. The number of benzene rings is 3. The lowest BCUT2D eigenvalue weighted by atomic mass is 10.0. The molecule has 45 heavy (non-hydrogen) atoms. The highest BCUT2D eigenvalue weighted by atomic mass is 16.7. The number of carbonyl (C=O) groups excluding carboxylic acids is 1. The van der Waals surface area contributed by atoms with E-state index in [1.54, 1.807) is 7.11 Å². The lowest BCUT2D eigenvalue weighted by Gasteiger charge is -2.29. The van der Waals surface area contributed by atoms with Gasteiger partial charge in [-0.05, 0) is 40.8 Å². The number of nitrogens with one attached hydrogen (secondary N) is 2. The van der Waals surface area contributed by atoms with E-state index in [1.165, 1.54) is 5.06 Å². The number of rotatable bonds is 18. The maximum Gasteiger partial charge on any atom is 0.407 e. The number of aliphatic carboxylic acids is 1. The average molecular weight is 621 g/mol. The van der Waals surface area contributed by atoms with Crippen LogP contribution in [0.15, 0.2) is 78.9 Å². The fourth-order valence-electron chi connectivity index (χ4n) is 4.93. The van der Waals surface area contributed by atoms with Gasteiger partial charge in [0.15, 0.2) is 0 Å². The predicted octanol–water partition coefficient (Wildman–Crippen LogP) is 3.79. The monoisotopic (exact) mass is 620 g/mol.